The average molecular weight is 323 g/mol. The number of hydrogen-bond acceptors (Lipinski definition) is 4. The van der Waals surface area contributed by atoms with Crippen molar-refractivity contribution < 1.29 is 9.13 Å². The molecule has 3 rings (SSSR count). The van der Waals surface area contributed by atoms with Crippen molar-refractivity contribution in [2.75, 3.05) is 6.61 Å². The summed E-state index contributed by atoms with van der Waals surface area (Å²) in [7, 11) is 0. The highest BCUT2D eigenvalue weighted by atomic mass is 32.2. The van der Waals surface area contributed by atoms with Crippen LogP contribution in [0.2, 0.25) is 0 Å². The minimum Gasteiger partial charge on any atom is -0.376 e. The zero-order valence-corrected chi connectivity index (χ0v) is 13.1. The van der Waals surface area contributed by atoms with Gasteiger partial charge in [-0.1, -0.05) is 23.9 Å². The molecule has 2 atom stereocenters. The second kappa shape index (κ2) is 6.66. The minimum absolute atomic E-state index is 0.0686. The minimum atomic E-state index is -0.254. The Kier molecular flexibility index (Phi) is 4.63. The lowest BCUT2D eigenvalue weighted by molar-refractivity contribution is 0.0941. The number of nitrogens with one attached hydrogen (secondary N) is 1. The average Bonchev–Trinajstić information content (AvgIpc) is 3.13. The Morgan fingerprint density at radius 2 is 2.27 bits per heavy atom. The molecular weight excluding hydrogens is 305 g/mol. The summed E-state index contributed by atoms with van der Waals surface area (Å²) in [5.74, 6) is -0.254. The van der Waals surface area contributed by atoms with Gasteiger partial charge in [0, 0.05) is 11.9 Å². The van der Waals surface area contributed by atoms with Crippen LogP contribution in [-0.4, -0.2) is 27.5 Å². The third-order valence-electron chi connectivity index (χ3n) is 3.76. The van der Waals surface area contributed by atoms with Crippen molar-refractivity contribution in [3.05, 3.63) is 46.1 Å². The number of thioether (sulfide) groups is 1. The van der Waals surface area contributed by atoms with Gasteiger partial charge in [-0.05, 0) is 37.5 Å². The fourth-order valence-electron chi connectivity index (χ4n) is 2.51. The van der Waals surface area contributed by atoms with Crippen LogP contribution in [0.1, 0.15) is 30.6 Å². The van der Waals surface area contributed by atoms with Crippen molar-refractivity contribution in [2.45, 2.75) is 42.8 Å². The summed E-state index contributed by atoms with van der Waals surface area (Å²) in [5.41, 5.74) is 0.773. The van der Waals surface area contributed by atoms with Crippen LogP contribution in [0.4, 0.5) is 4.39 Å². The fourth-order valence-corrected chi connectivity index (χ4v) is 3.50. The van der Waals surface area contributed by atoms with Crippen molar-refractivity contribution in [3.63, 3.8) is 0 Å². The van der Waals surface area contributed by atoms with Gasteiger partial charge in [-0.2, -0.15) is 0 Å². The SMILES string of the molecule is CC(Sc1n[nH]c(=O)n1CC1CCCO1)c1ccc(F)cc1. The zero-order valence-electron chi connectivity index (χ0n) is 12.3. The molecule has 1 aliphatic heterocycles. The number of nitrogens with zero attached hydrogens (tertiary/aromatic N) is 2. The maximum atomic E-state index is 13.0. The van der Waals surface area contributed by atoms with Gasteiger partial charge < -0.3 is 4.74 Å². The van der Waals surface area contributed by atoms with E-state index in [1.54, 1.807) is 16.7 Å². The molecule has 118 valence electrons. The number of halogens is 1. The molecule has 0 saturated carbocycles. The third-order valence-corrected chi connectivity index (χ3v) is 4.90. The lowest BCUT2D eigenvalue weighted by atomic mass is 10.2. The standard InChI is InChI=1S/C15H18FN3O2S/c1-10(11-4-6-12(16)7-5-11)22-15-18-17-14(20)19(15)9-13-3-2-8-21-13/h4-7,10,13H,2-3,8-9H2,1H3,(H,17,20). The molecule has 0 amide bonds. The van der Waals surface area contributed by atoms with Crippen molar-refractivity contribution in [2.24, 2.45) is 0 Å². The highest BCUT2D eigenvalue weighted by molar-refractivity contribution is 7.99. The van der Waals surface area contributed by atoms with E-state index in [1.807, 2.05) is 6.92 Å². The van der Waals surface area contributed by atoms with E-state index < -0.39 is 0 Å². The lowest BCUT2D eigenvalue weighted by Gasteiger charge is -2.14. The van der Waals surface area contributed by atoms with Crippen molar-refractivity contribution in [1.29, 1.82) is 0 Å². The van der Waals surface area contributed by atoms with E-state index in [4.69, 9.17) is 4.74 Å². The van der Waals surface area contributed by atoms with Gasteiger partial charge in [0.25, 0.3) is 0 Å². The van der Waals surface area contributed by atoms with E-state index in [-0.39, 0.29) is 22.9 Å². The van der Waals surface area contributed by atoms with Crippen LogP contribution in [0.3, 0.4) is 0 Å². The maximum Gasteiger partial charge on any atom is 0.344 e. The molecule has 7 heteroatoms. The Morgan fingerprint density at radius 3 is 2.95 bits per heavy atom. The quantitative estimate of drug-likeness (QED) is 0.860. The van der Waals surface area contributed by atoms with E-state index in [1.165, 1.54) is 23.9 Å². The third kappa shape index (κ3) is 3.41. The van der Waals surface area contributed by atoms with Crippen LogP contribution >= 0.6 is 11.8 Å². The Bertz CT molecular complexity index is 677. The Morgan fingerprint density at radius 1 is 1.50 bits per heavy atom. The van der Waals surface area contributed by atoms with Crippen LogP contribution in [0, 0.1) is 5.82 Å². The summed E-state index contributed by atoms with van der Waals surface area (Å²) in [6.07, 6.45) is 2.08. The molecule has 0 aliphatic carbocycles. The van der Waals surface area contributed by atoms with Crippen molar-refractivity contribution in [3.8, 4) is 0 Å². The molecule has 1 saturated heterocycles. The Hall–Kier alpha value is -1.60. The van der Waals surface area contributed by atoms with Crippen molar-refractivity contribution in [1.82, 2.24) is 14.8 Å². The smallest absolute Gasteiger partial charge is 0.344 e. The summed E-state index contributed by atoms with van der Waals surface area (Å²) in [5, 5.41) is 7.30. The van der Waals surface area contributed by atoms with Crippen LogP contribution in [-0.2, 0) is 11.3 Å². The van der Waals surface area contributed by atoms with Crippen LogP contribution < -0.4 is 5.69 Å². The van der Waals surface area contributed by atoms with Gasteiger partial charge in [0.2, 0.25) is 0 Å². The number of ether oxygens (including phenoxy) is 1. The van der Waals surface area contributed by atoms with Gasteiger partial charge in [-0.25, -0.2) is 14.3 Å². The number of aromatic amines is 1. The summed E-state index contributed by atoms with van der Waals surface area (Å²) < 4.78 is 20.2. The molecule has 2 aromatic rings. The second-order valence-electron chi connectivity index (χ2n) is 5.37. The first-order chi connectivity index (χ1) is 10.6. The van der Waals surface area contributed by atoms with Gasteiger partial charge in [0.15, 0.2) is 5.16 Å². The van der Waals surface area contributed by atoms with E-state index in [0.29, 0.717) is 11.7 Å². The number of rotatable bonds is 5. The first-order valence-corrected chi connectivity index (χ1v) is 8.20. The molecule has 1 aromatic carbocycles. The Labute approximate surface area is 131 Å². The lowest BCUT2D eigenvalue weighted by Crippen LogP contribution is -2.25. The number of hydrogen-bond donors (Lipinski definition) is 1. The van der Waals surface area contributed by atoms with Crippen LogP contribution in [0.5, 0.6) is 0 Å². The molecule has 0 spiro atoms. The Balaban J connectivity index is 1.74. The highest BCUT2D eigenvalue weighted by Crippen LogP contribution is 2.33. The number of benzene rings is 1. The summed E-state index contributed by atoms with van der Waals surface area (Å²) in [6.45, 7) is 3.28. The molecule has 1 fully saturated rings. The second-order valence-corrected chi connectivity index (χ2v) is 6.68. The highest BCUT2D eigenvalue weighted by Gasteiger charge is 2.21. The number of aromatic nitrogens is 3. The largest absolute Gasteiger partial charge is 0.376 e. The van der Waals surface area contributed by atoms with Gasteiger partial charge in [-0.15, -0.1) is 5.10 Å². The predicted molar refractivity (Wildman–Crippen MR) is 82.5 cm³/mol. The summed E-state index contributed by atoms with van der Waals surface area (Å²) >= 11 is 1.48. The van der Waals surface area contributed by atoms with Crippen LogP contribution in [0.15, 0.2) is 34.2 Å². The molecule has 2 unspecified atom stereocenters. The fraction of sp³-hybridized carbons (Fsp3) is 0.467. The first kappa shape index (κ1) is 15.3. The molecular formula is C15H18FN3O2S. The topological polar surface area (TPSA) is 59.9 Å². The zero-order chi connectivity index (χ0) is 15.5. The van der Waals surface area contributed by atoms with E-state index >= 15 is 0 Å². The first-order valence-electron chi connectivity index (χ1n) is 7.32. The van der Waals surface area contributed by atoms with Gasteiger partial charge in [0.1, 0.15) is 5.82 Å². The molecule has 22 heavy (non-hydrogen) atoms. The maximum absolute atomic E-state index is 13.0. The molecule has 1 N–H and O–H groups in total. The monoisotopic (exact) mass is 323 g/mol. The summed E-state index contributed by atoms with van der Waals surface area (Å²) in [4.78, 5) is 11.9. The van der Waals surface area contributed by atoms with E-state index in [0.717, 1.165) is 25.0 Å². The van der Waals surface area contributed by atoms with Gasteiger partial charge in [0.05, 0.1) is 12.6 Å². The van der Waals surface area contributed by atoms with Crippen LogP contribution in [0.25, 0.3) is 0 Å². The molecule has 1 aromatic heterocycles. The normalized spacial score (nSPS) is 19.5. The van der Waals surface area contributed by atoms with Gasteiger partial charge in [-0.3, -0.25) is 4.57 Å². The summed E-state index contributed by atoms with van der Waals surface area (Å²) in [6, 6.07) is 6.39. The molecule has 2 heterocycles. The van der Waals surface area contributed by atoms with E-state index in [9.17, 15) is 9.18 Å². The molecule has 0 radical (unpaired) electrons. The van der Waals surface area contributed by atoms with Gasteiger partial charge >= 0.3 is 5.69 Å². The van der Waals surface area contributed by atoms with E-state index in [2.05, 4.69) is 10.2 Å². The molecule has 5 nitrogen and oxygen atoms in total. The molecule has 1 aliphatic rings. The number of H-pyrrole nitrogens is 1. The predicted octanol–water partition coefficient (Wildman–Crippen LogP) is 2.74. The van der Waals surface area contributed by atoms with Crippen molar-refractivity contribution >= 4 is 11.8 Å². The molecule has 0 bridgehead atoms.